The summed E-state index contributed by atoms with van der Waals surface area (Å²) >= 11 is 0. The van der Waals surface area contributed by atoms with Crippen LogP contribution in [0.3, 0.4) is 0 Å². The Balaban J connectivity index is 2.33. The Kier molecular flexibility index (Phi) is 4.32. The number of aryl methyl sites for hydroxylation is 1. The molecule has 7 heteroatoms. The van der Waals surface area contributed by atoms with E-state index in [-0.39, 0.29) is 17.3 Å². The van der Waals surface area contributed by atoms with Gasteiger partial charge in [-0.1, -0.05) is 6.07 Å². The molecule has 0 saturated carbocycles. The number of hydrogen-bond donors (Lipinski definition) is 1. The molecule has 21 heavy (non-hydrogen) atoms. The molecule has 1 heterocycles. The van der Waals surface area contributed by atoms with Crippen LogP contribution in [-0.4, -0.2) is 16.5 Å². The number of nitrogens with zero attached hydrogens (tertiary/aromatic N) is 2. The first kappa shape index (κ1) is 14.7. The molecule has 110 valence electrons. The van der Waals surface area contributed by atoms with Gasteiger partial charge in [-0.2, -0.15) is 4.98 Å². The first-order valence-electron chi connectivity index (χ1n) is 6.34. The Morgan fingerprint density at radius 3 is 2.76 bits per heavy atom. The molecule has 0 atom stereocenters. The predicted molar refractivity (Wildman–Crippen MR) is 76.3 cm³/mol. The number of rotatable bonds is 5. The summed E-state index contributed by atoms with van der Waals surface area (Å²) in [6.45, 7) is 4.04. The number of nitro groups is 1. The molecule has 0 aliphatic carbocycles. The molecule has 6 nitrogen and oxygen atoms in total. The first-order chi connectivity index (χ1) is 9.99. The monoisotopic (exact) mass is 291 g/mol. The van der Waals surface area contributed by atoms with Crippen LogP contribution in [0.1, 0.15) is 12.5 Å². The van der Waals surface area contributed by atoms with Gasteiger partial charge in [0.1, 0.15) is 17.4 Å². The third-order valence-electron chi connectivity index (χ3n) is 2.72. The maximum absolute atomic E-state index is 13.5. The SMILES string of the molecule is CCNc1cc([N+](=O)[O-])cc(Oc2ccc(C)c(F)c2)n1. The molecule has 0 unspecified atom stereocenters. The summed E-state index contributed by atoms with van der Waals surface area (Å²) in [5.74, 6) is 0.177. The van der Waals surface area contributed by atoms with E-state index in [9.17, 15) is 14.5 Å². The molecular formula is C14H14FN3O3. The van der Waals surface area contributed by atoms with Crippen LogP contribution in [-0.2, 0) is 0 Å². The second kappa shape index (κ2) is 6.17. The van der Waals surface area contributed by atoms with Crippen LogP contribution in [0.15, 0.2) is 30.3 Å². The zero-order valence-electron chi connectivity index (χ0n) is 11.6. The van der Waals surface area contributed by atoms with E-state index in [1.165, 1.54) is 18.2 Å². The molecule has 0 saturated heterocycles. The van der Waals surface area contributed by atoms with E-state index >= 15 is 0 Å². The predicted octanol–water partition coefficient (Wildman–Crippen LogP) is 3.66. The van der Waals surface area contributed by atoms with E-state index in [4.69, 9.17) is 4.74 Å². The maximum atomic E-state index is 13.5. The third kappa shape index (κ3) is 3.65. The van der Waals surface area contributed by atoms with E-state index in [1.807, 2.05) is 6.92 Å². The van der Waals surface area contributed by atoms with Crippen LogP contribution in [0.4, 0.5) is 15.9 Å². The lowest BCUT2D eigenvalue weighted by atomic mass is 10.2. The number of anilines is 1. The fraction of sp³-hybridized carbons (Fsp3) is 0.214. The molecular weight excluding hydrogens is 277 g/mol. The number of ether oxygens (including phenoxy) is 1. The molecule has 0 radical (unpaired) electrons. The van der Waals surface area contributed by atoms with Crippen LogP contribution >= 0.6 is 0 Å². The van der Waals surface area contributed by atoms with Crippen molar-refractivity contribution in [2.75, 3.05) is 11.9 Å². The number of aromatic nitrogens is 1. The summed E-state index contributed by atoms with van der Waals surface area (Å²) in [6.07, 6.45) is 0. The van der Waals surface area contributed by atoms with E-state index in [0.717, 1.165) is 0 Å². The largest absolute Gasteiger partial charge is 0.439 e. The molecule has 2 aromatic rings. The molecule has 0 bridgehead atoms. The lowest BCUT2D eigenvalue weighted by Gasteiger charge is -2.08. The zero-order valence-corrected chi connectivity index (χ0v) is 11.6. The first-order valence-corrected chi connectivity index (χ1v) is 6.34. The quantitative estimate of drug-likeness (QED) is 0.672. The fourth-order valence-corrected chi connectivity index (χ4v) is 1.68. The van der Waals surface area contributed by atoms with E-state index in [2.05, 4.69) is 10.3 Å². The van der Waals surface area contributed by atoms with Crippen molar-refractivity contribution in [2.24, 2.45) is 0 Å². The van der Waals surface area contributed by atoms with Crippen molar-refractivity contribution in [3.05, 3.63) is 51.8 Å². The Morgan fingerprint density at radius 2 is 2.14 bits per heavy atom. The summed E-state index contributed by atoms with van der Waals surface area (Å²) in [7, 11) is 0. The van der Waals surface area contributed by atoms with Gasteiger partial charge in [0.15, 0.2) is 0 Å². The number of hydrogen-bond acceptors (Lipinski definition) is 5. The highest BCUT2D eigenvalue weighted by Crippen LogP contribution is 2.27. The summed E-state index contributed by atoms with van der Waals surface area (Å²) in [6, 6.07) is 6.85. The Labute approximate surface area is 120 Å². The highest BCUT2D eigenvalue weighted by atomic mass is 19.1. The van der Waals surface area contributed by atoms with Gasteiger partial charge < -0.3 is 10.1 Å². The molecule has 1 aromatic carbocycles. The number of nitrogens with one attached hydrogen (secondary N) is 1. The zero-order chi connectivity index (χ0) is 15.4. The number of halogens is 1. The lowest BCUT2D eigenvalue weighted by molar-refractivity contribution is -0.384. The van der Waals surface area contributed by atoms with Crippen LogP contribution in [0.2, 0.25) is 0 Å². The average molecular weight is 291 g/mol. The molecule has 1 aromatic heterocycles. The summed E-state index contributed by atoms with van der Waals surface area (Å²) in [5, 5.41) is 13.8. The Bertz CT molecular complexity index is 677. The van der Waals surface area contributed by atoms with Gasteiger partial charge in [0, 0.05) is 12.6 Å². The average Bonchev–Trinajstić information content (AvgIpc) is 2.43. The summed E-state index contributed by atoms with van der Waals surface area (Å²) in [5.41, 5.74) is 0.339. The van der Waals surface area contributed by atoms with Crippen LogP contribution < -0.4 is 10.1 Å². The van der Waals surface area contributed by atoms with Gasteiger partial charge >= 0.3 is 0 Å². The molecule has 2 rings (SSSR count). The van der Waals surface area contributed by atoms with Gasteiger partial charge in [0.25, 0.3) is 5.69 Å². The molecule has 0 fully saturated rings. The van der Waals surface area contributed by atoms with Crippen molar-refractivity contribution in [3.8, 4) is 11.6 Å². The highest BCUT2D eigenvalue weighted by Gasteiger charge is 2.13. The third-order valence-corrected chi connectivity index (χ3v) is 2.72. The van der Waals surface area contributed by atoms with E-state index in [0.29, 0.717) is 17.9 Å². The van der Waals surface area contributed by atoms with Crippen LogP contribution in [0, 0.1) is 22.9 Å². The van der Waals surface area contributed by atoms with Crippen molar-refractivity contribution >= 4 is 11.5 Å². The minimum Gasteiger partial charge on any atom is -0.439 e. The highest BCUT2D eigenvalue weighted by molar-refractivity contribution is 5.49. The topological polar surface area (TPSA) is 77.3 Å². The van der Waals surface area contributed by atoms with Crippen molar-refractivity contribution in [1.82, 2.24) is 4.98 Å². The lowest BCUT2D eigenvalue weighted by Crippen LogP contribution is -2.02. The van der Waals surface area contributed by atoms with Gasteiger partial charge in [-0.15, -0.1) is 0 Å². The fourth-order valence-electron chi connectivity index (χ4n) is 1.68. The Morgan fingerprint density at radius 1 is 1.38 bits per heavy atom. The summed E-state index contributed by atoms with van der Waals surface area (Å²) < 4.78 is 18.9. The van der Waals surface area contributed by atoms with E-state index < -0.39 is 10.7 Å². The molecule has 0 amide bonds. The minimum atomic E-state index is -0.537. The van der Waals surface area contributed by atoms with Crippen molar-refractivity contribution in [1.29, 1.82) is 0 Å². The summed E-state index contributed by atoms with van der Waals surface area (Å²) in [4.78, 5) is 14.5. The standard InChI is InChI=1S/C14H14FN3O3/c1-3-16-13-6-10(18(19)20)7-14(17-13)21-11-5-4-9(2)12(15)8-11/h4-8H,3H2,1-2H3,(H,16,17). The minimum absolute atomic E-state index is 0.0309. The maximum Gasteiger partial charge on any atom is 0.278 e. The molecule has 0 spiro atoms. The molecule has 0 aliphatic heterocycles. The van der Waals surface area contributed by atoms with Gasteiger partial charge in [-0.05, 0) is 25.5 Å². The second-order valence-corrected chi connectivity index (χ2v) is 4.35. The van der Waals surface area contributed by atoms with Gasteiger partial charge in [0.05, 0.1) is 17.1 Å². The second-order valence-electron chi connectivity index (χ2n) is 4.35. The van der Waals surface area contributed by atoms with Gasteiger partial charge in [0.2, 0.25) is 5.88 Å². The van der Waals surface area contributed by atoms with Crippen molar-refractivity contribution in [2.45, 2.75) is 13.8 Å². The normalized spacial score (nSPS) is 10.2. The van der Waals surface area contributed by atoms with Crippen LogP contribution in [0.5, 0.6) is 11.6 Å². The number of benzene rings is 1. The van der Waals surface area contributed by atoms with Crippen molar-refractivity contribution in [3.63, 3.8) is 0 Å². The molecule has 0 aliphatic rings. The van der Waals surface area contributed by atoms with Crippen LogP contribution in [0.25, 0.3) is 0 Å². The van der Waals surface area contributed by atoms with E-state index in [1.54, 1.807) is 19.1 Å². The number of pyridine rings is 1. The van der Waals surface area contributed by atoms with Gasteiger partial charge in [-0.3, -0.25) is 10.1 Å². The Hall–Kier alpha value is -2.70. The smallest absolute Gasteiger partial charge is 0.278 e. The molecule has 1 N–H and O–H groups in total. The van der Waals surface area contributed by atoms with Gasteiger partial charge in [-0.25, -0.2) is 4.39 Å². The van der Waals surface area contributed by atoms with Crippen molar-refractivity contribution < 1.29 is 14.1 Å².